The Hall–Kier alpha value is -1.45. The fourth-order valence-electron chi connectivity index (χ4n) is 4.10. The Morgan fingerprint density at radius 3 is 2.14 bits per heavy atom. The van der Waals surface area contributed by atoms with Crippen LogP contribution in [0.15, 0.2) is 11.8 Å². The molecule has 36 heavy (non-hydrogen) atoms. The van der Waals surface area contributed by atoms with Crippen LogP contribution in [0.25, 0.3) is 0 Å². The van der Waals surface area contributed by atoms with E-state index in [0.717, 1.165) is 6.08 Å². The van der Waals surface area contributed by atoms with Gasteiger partial charge < -0.3 is 34.6 Å². The minimum Gasteiger partial charge on any atom is -0.475 e. The van der Waals surface area contributed by atoms with Crippen molar-refractivity contribution in [2.75, 3.05) is 19.8 Å². The lowest BCUT2D eigenvalue weighted by Gasteiger charge is -2.54. The summed E-state index contributed by atoms with van der Waals surface area (Å²) < 4.78 is 86.4. The van der Waals surface area contributed by atoms with Crippen molar-refractivity contribution in [1.29, 1.82) is 0 Å². The van der Waals surface area contributed by atoms with Crippen LogP contribution < -0.4 is 4.72 Å². The average Bonchev–Trinajstić information content (AvgIpc) is 2.70. The van der Waals surface area contributed by atoms with E-state index < -0.39 is 99.3 Å². The number of carboxylic acid groups (broad SMARTS) is 1. The second-order valence-electron chi connectivity index (χ2n) is 9.62. The Morgan fingerprint density at radius 1 is 1.06 bits per heavy atom. The number of aliphatic carboxylic acids is 1. The highest BCUT2D eigenvalue weighted by atomic mass is 32.3. The topological polar surface area (TPSA) is 256 Å². The summed E-state index contributed by atoms with van der Waals surface area (Å²) in [4.78, 5) is 11.3. The first-order valence-electron chi connectivity index (χ1n) is 10.4. The standard InChI is InChI=1S/C18H31NO15S2/c1-16(2)12(19-35(25,26)27)14(22)17(3,11(34-16)6-32-36(28,29)30)7-31-8-18(4)13(21)9(20)5-10(33-18)15(23)24/h5,9,11-14,19-22H,6-8H2,1-4H3,(H,23,24)(H,25,26,27)(H,28,29,30)/t9-,11?,12?,13?,14+,17-,18-/m1/s1. The maximum atomic E-state index is 11.5. The molecule has 2 heterocycles. The van der Waals surface area contributed by atoms with Crippen LogP contribution in [0.5, 0.6) is 0 Å². The summed E-state index contributed by atoms with van der Waals surface area (Å²) in [5.74, 6) is -2.16. The monoisotopic (exact) mass is 565 g/mol. The van der Waals surface area contributed by atoms with E-state index >= 15 is 0 Å². The van der Waals surface area contributed by atoms with Gasteiger partial charge in [0.15, 0.2) is 5.60 Å². The van der Waals surface area contributed by atoms with Gasteiger partial charge in [0.25, 0.3) is 0 Å². The Morgan fingerprint density at radius 2 is 1.64 bits per heavy atom. The van der Waals surface area contributed by atoms with Crippen LogP contribution >= 0.6 is 0 Å². The highest BCUT2D eigenvalue weighted by Gasteiger charge is 2.58. The zero-order valence-corrected chi connectivity index (χ0v) is 21.4. The quantitative estimate of drug-likeness (QED) is 0.136. The molecule has 7 N–H and O–H groups in total. The van der Waals surface area contributed by atoms with E-state index in [1.54, 1.807) is 0 Å². The van der Waals surface area contributed by atoms with Crippen molar-refractivity contribution in [2.45, 2.75) is 69.4 Å². The third-order valence-electron chi connectivity index (χ3n) is 6.19. The van der Waals surface area contributed by atoms with Gasteiger partial charge in [-0.25, -0.2) is 8.98 Å². The minimum atomic E-state index is -4.94. The third kappa shape index (κ3) is 7.10. The Kier molecular flexibility index (Phi) is 8.86. The number of carbonyl (C=O) groups is 1. The molecule has 0 spiro atoms. The molecule has 1 fully saturated rings. The van der Waals surface area contributed by atoms with Crippen molar-refractivity contribution in [3.05, 3.63) is 11.8 Å². The average molecular weight is 566 g/mol. The van der Waals surface area contributed by atoms with Gasteiger partial charge in [0.1, 0.15) is 12.2 Å². The van der Waals surface area contributed by atoms with Gasteiger partial charge in [0.2, 0.25) is 5.76 Å². The first-order chi connectivity index (χ1) is 16.1. The SMILES string of the molecule is CC1(C)OC(COS(=O)(=O)O)[C@@](C)(COC[C@@]2(C)OC(C(=O)O)=C[C@@H](O)C2O)[C@@H](O)C1NS(=O)(=O)O. The maximum absolute atomic E-state index is 11.5. The molecule has 0 bridgehead atoms. The van der Waals surface area contributed by atoms with Crippen LogP contribution in [0.4, 0.5) is 0 Å². The molecule has 0 saturated carbocycles. The van der Waals surface area contributed by atoms with E-state index in [1.807, 2.05) is 4.72 Å². The van der Waals surface area contributed by atoms with Crippen molar-refractivity contribution in [2.24, 2.45) is 5.41 Å². The number of nitrogens with one attached hydrogen (secondary N) is 1. The number of hydrogen-bond donors (Lipinski definition) is 7. The lowest BCUT2D eigenvalue weighted by Crippen LogP contribution is -2.71. The Labute approximate surface area is 207 Å². The van der Waals surface area contributed by atoms with E-state index in [2.05, 4.69) is 4.18 Å². The Bertz CT molecular complexity index is 1070. The van der Waals surface area contributed by atoms with Crippen molar-refractivity contribution >= 4 is 26.7 Å². The van der Waals surface area contributed by atoms with Crippen LogP contribution in [0.3, 0.4) is 0 Å². The van der Waals surface area contributed by atoms with Gasteiger partial charge in [-0.05, 0) is 26.8 Å². The van der Waals surface area contributed by atoms with E-state index in [-0.39, 0.29) is 0 Å². The van der Waals surface area contributed by atoms with Crippen LogP contribution in [0.1, 0.15) is 27.7 Å². The van der Waals surface area contributed by atoms with E-state index in [1.165, 1.54) is 27.7 Å². The summed E-state index contributed by atoms with van der Waals surface area (Å²) in [6.07, 6.45) is -5.52. The summed E-state index contributed by atoms with van der Waals surface area (Å²) in [5, 5.41) is 40.6. The van der Waals surface area contributed by atoms with Gasteiger partial charge in [-0.3, -0.25) is 9.11 Å². The van der Waals surface area contributed by atoms with Crippen molar-refractivity contribution < 1.29 is 69.6 Å². The lowest BCUT2D eigenvalue weighted by atomic mass is 9.70. The molecule has 3 unspecified atom stereocenters. The van der Waals surface area contributed by atoms with E-state index in [4.69, 9.17) is 18.8 Å². The summed E-state index contributed by atoms with van der Waals surface area (Å²) in [6, 6.07) is -1.49. The number of aliphatic hydroxyl groups is 3. The molecule has 16 nitrogen and oxygen atoms in total. The molecule has 2 rings (SSSR count). The molecule has 0 aromatic carbocycles. The second kappa shape index (κ2) is 10.4. The van der Waals surface area contributed by atoms with Gasteiger partial charge in [-0.1, -0.05) is 6.92 Å². The molecule has 2 aliphatic heterocycles. The molecule has 18 heteroatoms. The summed E-state index contributed by atoms with van der Waals surface area (Å²) in [7, 11) is -9.79. The molecular formula is C18H31NO15S2. The molecule has 7 atom stereocenters. The number of aliphatic hydroxyl groups excluding tert-OH is 3. The van der Waals surface area contributed by atoms with Crippen molar-refractivity contribution in [3.8, 4) is 0 Å². The zero-order chi connectivity index (χ0) is 27.9. The van der Waals surface area contributed by atoms with Crippen molar-refractivity contribution in [3.63, 3.8) is 0 Å². The first-order valence-corrected chi connectivity index (χ1v) is 13.2. The van der Waals surface area contributed by atoms with Crippen LogP contribution in [-0.2, 0) is 43.9 Å². The summed E-state index contributed by atoms with van der Waals surface area (Å²) >= 11 is 0. The molecule has 0 aliphatic carbocycles. The second-order valence-corrected chi connectivity index (χ2v) is 11.9. The number of carboxylic acids is 1. The van der Waals surface area contributed by atoms with Gasteiger partial charge in [0, 0.05) is 5.41 Å². The highest BCUT2D eigenvalue weighted by molar-refractivity contribution is 7.83. The largest absolute Gasteiger partial charge is 0.475 e. The lowest BCUT2D eigenvalue weighted by molar-refractivity contribution is -0.253. The summed E-state index contributed by atoms with van der Waals surface area (Å²) in [5.41, 5.74) is -5.02. The smallest absolute Gasteiger partial charge is 0.397 e. The first kappa shape index (κ1) is 30.8. The van der Waals surface area contributed by atoms with Gasteiger partial charge in [0.05, 0.1) is 43.7 Å². The number of rotatable bonds is 10. The molecule has 2 aliphatic rings. The molecule has 0 radical (unpaired) electrons. The third-order valence-corrected chi connectivity index (χ3v) is 7.18. The summed E-state index contributed by atoms with van der Waals surface area (Å²) in [6.45, 7) is 3.28. The maximum Gasteiger partial charge on any atom is 0.397 e. The van der Waals surface area contributed by atoms with Gasteiger partial charge in [-0.2, -0.15) is 21.6 Å². The van der Waals surface area contributed by atoms with Crippen LogP contribution in [0.2, 0.25) is 0 Å². The minimum absolute atomic E-state index is 0.554. The molecule has 1 saturated heterocycles. The predicted molar refractivity (Wildman–Crippen MR) is 117 cm³/mol. The predicted octanol–water partition coefficient (Wildman–Crippen LogP) is -2.39. The van der Waals surface area contributed by atoms with E-state index in [9.17, 15) is 46.6 Å². The highest BCUT2D eigenvalue weighted by Crippen LogP contribution is 2.42. The molecular weight excluding hydrogens is 534 g/mol. The number of ether oxygens (including phenoxy) is 3. The Balaban J connectivity index is 2.33. The molecule has 0 aromatic heterocycles. The normalized spacial score (nSPS) is 37.1. The fraction of sp³-hybridized carbons (Fsp3) is 0.833. The van der Waals surface area contributed by atoms with Gasteiger partial charge in [-0.15, -0.1) is 0 Å². The molecule has 0 amide bonds. The number of hydrogen-bond acceptors (Lipinski definition) is 12. The zero-order valence-electron chi connectivity index (χ0n) is 19.8. The fourth-order valence-corrected chi connectivity index (χ4v) is 5.13. The van der Waals surface area contributed by atoms with Gasteiger partial charge >= 0.3 is 26.7 Å². The van der Waals surface area contributed by atoms with Crippen molar-refractivity contribution in [1.82, 2.24) is 4.72 Å². The van der Waals surface area contributed by atoms with Crippen LogP contribution in [-0.4, -0.2) is 114 Å². The molecule has 0 aromatic rings. The van der Waals surface area contributed by atoms with Crippen LogP contribution in [0, 0.1) is 5.41 Å². The molecule has 210 valence electrons. The van der Waals surface area contributed by atoms with E-state index in [0.29, 0.717) is 0 Å².